The molecule has 2 aliphatic rings. The van der Waals surface area contributed by atoms with Crippen LogP contribution in [0, 0.1) is 0 Å². The summed E-state index contributed by atoms with van der Waals surface area (Å²) in [5, 5.41) is 3.32. The maximum Gasteiger partial charge on any atom is 0.230 e. The highest BCUT2D eigenvalue weighted by Gasteiger charge is 2.19. The van der Waals surface area contributed by atoms with E-state index < -0.39 is 0 Å². The molecule has 102 valence electrons. The van der Waals surface area contributed by atoms with Crippen LogP contribution in [0.5, 0.6) is 0 Å². The maximum absolute atomic E-state index is 12.0. The number of rotatable bonds is 1. The molecule has 0 saturated heterocycles. The highest BCUT2D eigenvalue weighted by Crippen LogP contribution is 2.31. The largest absolute Gasteiger partial charge is 0.324 e. The molecule has 1 aromatic carbocycles. The number of aliphatic imine (C=N–C) groups is 1. The molecule has 0 aromatic heterocycles. The number of benzene rings is 1. The quantitative estimate of drug-likeness (QED) is 0.680. The lowest BCUT2D eigenvalue weighted by atomic mass is 10.1. The standard InChI is InChI=1S/C13H10BrClN4O/c14-7-1-2-8-10(5-7)17-13(20)6-11(16-8)9-3-4-12(15)19-18-9/h1-5,18-19H,6H2,(H,17,20). The van der Waals surface area contributed by atoms with E-state index in [0.29, 0.717) is 16.6 Å². The molecule has 1 aromatic rings. The Hall–Kier alpha value is -1.79. The van der Waals surface area contributed by atoms with Gasteiger partial charge in [-0.2, -0.15) is 0 Å². The Morgan fingerprint density at radius 1 is 1.25 bits per heavy atom. The smallest absolute Gasteiger partial charge is 0.230 e. The van der Waals surface area contributed by atoms with Crippen molar-refractivity contribution in [3.8, 4) is 0 Å². The summed E-state index contributed by atoms with van der Waals surface area (Å²) in [4.78, 5) is 16.5. The SMILES string of the molecule is O=C1CC(C2=CC=C(Cl)NN2)=Nc2ccc(Br)cc2N1. The van der Waals surface area contributed by atoms with Crippen molar-refractivity contribution < 1.29 is 4.79 Å². The van der Waals surface area contributed by atoms with E-state index >= 15 is 0 Å². The number of allylic oxidation sites excluding steroid dienone is 3. The monoisotopic (exact) mass is 352 g/mol. The molecular weight excluding hydrogens is 344 g/mol. The van der Waals surface area contributed by atoms with E-state index in [0.717, 1.165) is 15.9 Å². The van der Waals surface area contributed by atoms with Gasteiger partial charge in [-0.05, 0) is 30.4 Å². The molecule has 7 heteroatoms. The van der Waals surface area contributed by atoms with Crippen molar-refractivity contribution in [2.24, 2.45) is 4.99 Å². The van der Waals surface area contributed by atoms with Crippen molar-refractivity contribution in [1.82, 2.24) is 10.9 Å². The molecule has 0 saturated carbocycles. The normalized spacial score (nSPS) is 17.5. The molecule has 1 amide bonds. The predicted octanol–water partition coefficient (Wildman–Crippen LogP) is 2.94. The van der Waals surface area contributed by atoms with Crippen LogP contribution in [0.1, 0.15) is 6.42 Å². The van der Waals surface area contributed by atoms with Crippen molar-refractivity contribution in [2.75, 3.05) is 5.32 Å². The Bertz CT molecular complexity index is 681. The van der Waals surface area contributed by atoms with Gasteiger partial charge in [0, 0.05) is 4.47 Å². The zero-order chi connectivity index (χ0) is 14.1. The van der Waals surface area contributed by atoms with Crippen LogP contribution in [-0.2, 0) is 4.79 Å². The number of hydrazine groups is 1. The summed E-state index contributed by atoms with van der Waals surface area (Å²) in [6.45, 7) is 0. The fourth-order valence-electron chi connectivity index (χ4n) is 1.93. The van der Waals surface area contributed by atoms with Crippen LogP contribution in [0.2, 0.25) is 0 Å². The first-order chi connectivity index (χ1) is 9.61. The van der Waals surface area contributed by atoms with Crippen LogP contribution in [0.25, 0.3) is 0 Å². The van der Waals surface area contributed by atoms with E-state index in [9.17, 15) is 4.79 Å². The average molecular weight is 354 g/mol. The van der Waals surface area contributed by atoms with Gasteiger partial charge in [-0.1, -0.05) is 27.5 Å². The van der Waals surface area contributed by atoms with Crippen LogP contribution in [0.4, 0.5) is 11.4 Å². The number of nitrogens with one attached hydrogen (secondary N) is 3. The molecule has 0 atom stereocenters. The second kappa shape index (κ2) is 5.30. The van der Waals surface area contributed by atoms with Gasteiger partial charge in [-0.15, -0.1) is 0 Å². The number of fused-ring (bicyclic) bond motifs is 1. The summed E-state index contributed by atoms with van der Waals surface area (Å²) < 4.78 is 0.890. The molecule has 0 spiro atoms. The lowest BCUT2D eigenvalue weighted by Gasteiger charge is -2.16. The summed E-state index contributed by atoms with van der Waals surface area (Å²) in [5.74, 6) is -0.107. The number of carbonyl (C=O) groups excluding carboxylic acids is 1. The Morgan fingerprint density at radius 2 is 2.10 bits per heavy atom. The summed E-state index contributed by atoms with van der Waals surface area (Å²) in [7, 11) is 0. The average Bonchev–Trinajstić information content (AvgIpc) is 2.57. The minimum absolute atomic E-state index is 0.107. The fraction of sp³-hybridized carbons (Fsp3) is 0.0769. The van der Waals surface area contributed by atoms with Crippen molar-refractivity contribution in [3.05, 3.63) is 45.7 Å². The van der Waals surface area contributed by atoms with E-state index in [1.54, 1.807) is 12.2 Å². The molecule has 0 fully saturated rings. The molecule has 0 aliphatic carbocycles. The first kappa shape index (κ1) is 13.2. The molecular formula is C13H10BrClN4O. The summed E-state index contributed by atoms with van der Waals surface area (Å²) in [5.41, 5.74) is 8.49. The second-order valence-corrected chi connectivity index (χ2v) is 5.61. The van der Waals surface area contributed by atoms with Gasteiger partial charge >= 0.3 is 0 Å². The van der Waals surface area contributed by atoms with Gasteiger partial charge in [0.1, 0.15) is 5.16 Å². The minimum Gasteiger partial charge on any atom is -0.324 e. The van der Waals surface area contributed by atoms with Crippen LogP contribution < -0.4 is 16.2 Å². The van der Waals surface area contributed by atoms with Gasteiger partial charge < -0.3 is 5.32 Å². The summed E-state index contributed by atoms with van der Waals surface area (Å²) >= 11 is 9.18. The topological polar surface area (TPSA) is 65.5 Å². The lowest BCUT2D eigenvalue weighted by molar-refractivity contribution is -0.115. The predicted molar refractivity (Wildman–Crippen MR) is 82.8 cm³/mol. The highest BCUT2D eigenvalue weighted by atomic mass is 79.9. The molecule has 3 N–H and O–H groups in total. The molecule has 0 radical (unpaired) electrons. The van der Waals surface area contributed by atoms with Crippen LogP contribution in [-0.4, -0.2) is 11.6 Å². The fourth-order valence-corrected chi connectivity index (χ4v) is 2.40. The van der Waals surface area contributed by atoms with Crippen molar-refractivity contribution >= 4 is 50.5 Å². The van der Waals surface area contributed by atoms with E-state index in [1.807, 2.05) is 18.2 Å². The third-order valence-electron chi connectivity index (χ3n) is 2.84. The number of hydrogen-bond donors (Lipinski definition) is 3. The number of anilines is 1. The van der Waals surface area contributed by atoms with Gasteiger partial charge in [0.2, 0.25) is 5.91 Å². The van der Waals surface area contributed by atoms with Crippen LogP contribution in [0.15, 0.2) is 50.7 Å². The van der Waals surface area contributed by atoms with Crippen LogP contribution in [0.3, 0.4) is 0 Å². The maximum atomic E-state index is 12.0. The van der Waals surface area contributed by atoms with Gasteiger partial charge in [0.05, 0.1) is 29.2 Å². The Balaban J connectivity index is 2.03. The minimum atomic E-state index is -0.107. The lowest BCUT2D eigenvalue weighted by Crippen LogP contribution is -2.35. The van der Waals surface area contributed by atoms with E-state index in [4.69, 9.17) is 11.6 Å². The molecule has 2 aliphatic heterocycles. The molecule has 0 unspecified atom stereocenters. The Labute approximate surface area is 128 Å². The Kier molecular flexibility index (Phi) is 3.50. The van der Waals surface area contributed by atoms with Crippen LogP contribution >= 0.6 is 27.5 Å². The van der Waals surface area contributed by atoms with Crippen molar-refractivity contribution in [3.63, 3.8) is 0 Å². The second-order valence-electron chi connectivity index (χ2n) is 4.29. The number of nitrogens with zero attached hydrogens (tertiary/aromatic N) is 1. The number of hydrogen-bond acceptors (Lipinski definition) is 4. The number of halogens is 2. The molecule has 20 heavy (non-hydrogen) atoms. The van der Waals surface area contributed by atoms with E-state index in [-0.39, 0.29) is 12.3 Å². The molecule has 5 nitrogen and oxygen atoms in total. The molecule has 2 heterocycles. The molecule has 0 bridgehead atoms. The summed E-state index contributed by atoms with van der Waals surface area (Å²) in [6.07, 6.45) is 3.69. The Morgan fingerprint density at radius 3 is 2.85 bits per heavy atom. The van der Waals surface area contributed by atoms with Gasteiger partial charge in [-0.3, -0.25) is 15.6 Å². The third kappa shape index (κ3) is 2.71. The number of amides is 1. The molecule has 3 rings (SSSR count). The van der Waals surface area contributed by atoms with E-state index in [2.05, 4.69) is 37.1 Å². The zero-order valence-electron chi connectivity index (χ0n) is 10.2. The van der Waals surface area contributed by atoms with Gasteiger partial charge in [-0.25, -0.2) is 4.99 Å². The summed E-state index contributed by atoms with van der Waals surface area (Å²) in [6, 6.07) is 5.57. The number of carbonyl (C=O) groups is 1. The first-order valence-corrected chi connectivity index (χ1v) is 7.06. The van der Waals surface area contributed by atoms with Gasteiger partial charge in [0.25, 0.3) is 0 Å². The zero-order valence-corrected chi connectivity index (χ0v) is 12.5. The highest BCUT2D eigenvalue weighted by molar-refractivity contribution is 9.10. The van der Waals surface area contributed by atoms with Crippen molar-refractivity contribution in [1.29, 1.82) is 0 Å². The van der Waals surface area contributed by atoms with Crippen molar-refractivity contribution in [2.45, 2.75) is 6.42 Å². The first-order valence-electron chi connectivity index (χ1n) is 5.89. The van der Waals surface area contributed by atoms with E-state index in [1.165, 1.54) is 0 Å². The van der Waals surface area contributed by atoms with Gasteiger partial charge in [0.15, 0.2) is 0 Å². The third-order valence-corrected chi connectivity index (χ3v) is 3.55.